The van der Waals surface area contributed by atoms with Crippen LogP contribution in [0.3, 0.4) is 0 Å². The first-order valence-corrected chi connectivity index (χ1v) is 10.1. The third kappa shape index (κ3) is 4.92. The lowest BCUT2D eigenvalue weighted by atomic mass is 9.99. The molecule has 6 nitrogen and oxygen atoms in total. The first kappa shape index (κ1) is 19.7. The first-order valence-electron chi connectivity index (χ1n) is 8.21. The fourth-order valence-electron chi connectivity index (χ4n) is 3.03. The van der Waals surface area contributed by atoms with Gasteiger partial charge in [-0.15, -0.1) is 0 Å². The van der Waals surface area contributed by atoms with E-state index < -0.39 is 14.6 Å². The van der Waals surface area contributed by atoms with Gasteiger partial charge in [0.1, 0.15) is 5.82 Å². The van der Waals surface area contributed by atoms with Gasteiger partial charge in [0.25, 0.3) is 0 Å². The highest BCUT2D eigenvalue weighted by Crippen LogP contribution is 2.28. The molecule has 140 valence electrons. The Morgan fingerprint density at radius 1 is 1.40 bits per heavy atom. The second-order valence-corrected chi connectivity index (χ2v) is 8.86. The quantitative estimate of drug-likeness (QED) is 0.626. The largest absolute Gasteiger partial charge is 0.381 e. The van der Waals surface area contributed by atoms with E-state index in [9.17, 15) is 12.8 Å². The predicted molar refractivity (Wildman–Crippen MR) is 96.9 cm³/mol. The number of ether oxygens (including phenoxy) is 1. The summed E-state index contributed by atoms with van der Waals surface area (Å²) in [5.74, 6) is 0.283. The van der Waals surface area contributed by atoms with E-state index in [4.69, 9.17) is 4.74 Å². The van der Waals surface area contributed by atoms with Gasteiger partial charge in [0, 0.05) is 46.7 Å². The summed E-state index contributed by atoms with van der Waals surface area (Å²) >= 11 is 0. The number of rotatable bonds is 5. The fraction of sp³-hybridized carbons (Fsp3) is 0.588. The third-order valence-electron chi connectivity index (χ3n) is 4.64. The molecule has 1 aliphatic heterocycles. The molecule has 0 aromatic heterocycles. The molecule has 0 unspecified atom stereocenters. The minimum atomic E-state index is -3.25. The molecule has 25 heavy (non-hydrogen) atoms. The molecular formula is C17H26FN3O3S. The summed E-state index contributed by atoms with van der Waals surface area (Å²) < 4.78 is 42.4. The minimum Gasteiger partial charge on any atom is -0.381 e. The Morgan fingerprint density at radius 2 is 2.08 bits per heavy atom. The van der Waals surface area contributed by atoms with Gasteiger partial charge in [-0.2, -0.15) is 0 Å². The van der Waals surface area contributed by atoms with Crippen LogP contribution >= 0.6 is 0 Å². The smallest absolute Gasteiger partial charge is 0.193 e. The lowest BCUT2D eigenvalue weighted by Gasteiger charge is -2.36. The minimum absolute atomic E-state index is 0.273. The lowest BCUT2D eigenvalue weighted by molar-refractivity contribution is 0.0755. The van der Waals surface area contributed by atoms with Gasteiger partial charge in [0.2, 0.25) is 0 Å². The van der Waals surface area contributed by atoms with Crippen LogP contribution in [0.1, 0.15) is 18.4 Å². The van der Waals surface area contributed by atoms with Crippen LogP contribution in [0.4, 0.5) is 4.39 Å². The maximum atomic E-state index is 13.3. The lowest BCUT2D eigenvalue weighted by Crippen LogP contribution is -2.53. The number of sulfone groups is 1. The molecule has 1 fully saturated rings. The molecule has 0 aliphatic carbocycles. The van der Waals surface area contributed by atoms with Gasteiger partial charge in [-0.05, 0) is 30.5 Å². The number of hydrogen-bond donors (Lipinski definition) is 1. The maximum absolute atomic E-state index is 13.3. The number of aliphatic imine (C=N–C) groups is 1. The predicted octanol–water partition coefficient (Wildman–Crippen LogP) is 1.43. The Kier molecular flexibility index (Phi) is 6.40. The van der Waals surface area contributed by atoms with Gasteiger partial charge >= 0.3 is 0 Å². The van der Waals surface area contributed by atoms with Crippen LogP contribution in [0.2, 0.25) is 0 Å². The number of nitrogens with zero attached hydrogens (tertiary/aromatic N) is 2. The second kappa shape index (κ2) is 8.14. The molecule has 1 aromatic carbocycles. The van der Waals surface area contributed by atoms with Crippen molar-refractivity contribution in [2.45, 2.75) is 24.1 Å². The summed E-state index contributed by atoms with van der Waals surface area (Å²) in [7, 11) is 0.224. The van der Waals surface area contributed by atoms with Crippen molar-refractivity contribution in [3.63, 3.8) is 0 Å². The molecule has 8 heteroatoms. The molecule has 0 atom stereocenters. The Labute approximate surface area is 149 Å². The van der Waals surface area contributed by atoms with E-state index in [2.05, 4.69) is 10.3 Å². The molecule has 1 N–H and O–H groups in total. The van der Waals surface area contributed by atoms with E-state index in [1.54, 1.807) is 13.1 Å². The van der Waals surface area contributed by atoms with Gasteiger partial charge in [-0.1, -0.05) is 12.1 Å². The highest BCUT2D eigenvalue weighted by atomic mass is 32.2. The van der Waals surface area contributed by atoms with Crippen LogP contribution in [-0.4, -0.2) is 64.1 Å². The molecule has 1 aliphatic rings. The van der Waals surface area contributed by atoms with Crippen LogP contribution in [0.15, 0.2) is 29.3 Å². The molecule has 0 bridgehead atoms. The van der Waals surface area contributed by atoms with E-state index in [1.807, 2.05) is 18.0 Å². The van der Waals surface area contributed by atoms with Crippen molar-refractivity contribution in [3.05, 3.63) is 35.6 Å². The van der Waals surface area contributed by atoms with Crippen molar-refractivity contribution < 1.29 is 17.5 Å². The SMILES string of the molecule is CN=C(NCC1(S(C)(=O)=O)CCOCC1)N(C)Cc1cccc(F)c1. The molecule has 2 rings (SSSR count). The van der Waals surface area contributed by atoms with Crippen molar-refractivity contribution in [1.29, 1.82) is 0 Å². The van der Waals surface area contributed by atoms with Crippen LogP contribution in [0.25, 0.3) is 0 Å². The number of halogens is 1. The monoisotopic (exact) mass is 371 g/mol. The number of guanidine groups is 1. The summed E-state index contributed by atoms with van der Waals surface area (Å²) in [6.07, 6.45) is 2.20. The van der Waals surface area contributed by atoms with Crippen molar-refractivity contribution in [2.75, 3.05) is 40.1 Å². The van der Waals surface area contributed by atoms with E-state index in [0.717, 1.165) is 5.56 Å². The van der Waals surface area contributed by atoms with Crippen LogP contribution in [-0.2, 0) is 21.1 Å². The van der Waals surface area contributed by atoms with E-state index >= 15 is 0 Å². The molecule has 1 aromatic rings. The van der Waals surface area contributed by atoms with Crippen molar-refractivity contribution in [2.24, 2.45) is 4.99 Å². The Bertz CT molecular complexity index is 716. The summed E-state index contributed by atoms with van der Waals surface area (Å²) in [6.45, 7) is 1.61. The standard InChI is InChI=1S/C17H26FN3O3S/c1-19-16(21(2)12-14-5-4-6-15(18)11-14)20-13-17(25(3,22)23)7-9-24-10-8-17/h4-6,11H,7-10,12-13H2,1-3H3,(H,19,20). The topological polar surface area (TPSA) is 71.0 Å². The highest BCUT2D eigenvalue weighted by Gasteiger charge is 2.42. The maximum Gasteiger partial charge on any atom is 0.193 e. The zero-order valence-corrected chi connectivity index (χ0v) is 15.8. The summed E-state index contributed by atoms with van der Waals surface area (Å²) in [5.41, 5.74) is 0.814. The van der Waals surface area contributed by atoms with Crippen LogP contribution in [0, 0.1) is 5.82 Å². The molecule has 0 spiro atoms. The summed E-state index contributed by atoms with van der Waals surface area (Å²) in [6, 6.07) is 6.37. The van der Waals surface area contributed by atoms with Crippen molar-refractivity contribution in [3.8, 4) is 0 Å². The van der Waals surface area contributed by atoms with Gasteiger partial charge in [0.05, 0.1) is 4.75 Å². The van der Waals surface area contributed by atoms with Crippen LogP contribution in [0.5, 0.6) is 0 Å². The Morgan fingerprint density at radius 3 is 2.64 bits per heavy atom. The fourth-order valence-corrected chi connectivity index (χ4v) is 4.27. The Balaban J connectivity index is 2.05. The van der Waals surface area contributed by atoms with E-state index in [-0.39, 0.29) is 12.4 Å². The molecular weight excluding hydrogens is 345 g/mol. The second-order valence-electron chi connectivity index (χ2n) is 6.45. The first-order chi connectivity index (χ1) is 11.8. The van der Waals surface area contributed by atoms with Crippen LogP contribution < -0.4 is 5.32 Å². The van der Waals surface area contributed by atoms with Gasteiger partial charge in [0.15, 0.2) is 15.8 Å². The average Bonchev–Trinajstić information content (AvgIpc) is 2.55. The molecule has 1 heterocycles. The summed E-state index contributed by atoms with van der Waals surface area (Å²) in [5, 5.41) is 3.17. The van der Waals surface area contributed by atoms with Gasteiger partial charge < -0.3 is 15.0 Å². The number of benzene rings is 1. The molecule has 0 radical (unpaired) electrons. The molecule has 1 saturated heterocycles. The van der Waals surface area contributed by atoms with Crippen molar-refractivity contribution in [1.82, 2.24) is 10.2 Å². The normalized spacial score (nSPS) is 18.0. The van der Waals surface area contributed by atoms with Gasteiger partial charge in [-0.25, -0.2) is 12.8 Å². The third-order valence-corrected chi connectivity index (χ3v) is 6.77. The number of nitrogens with one attached hydrogen (secondary N) is 1. The van der Waals surface area contributed by atoms with Crippen molar-refractivity contribution >= 4 is 15.8 Å². The zero-order chi connectivity index (χ0) is 18.5. The Hall–Kier alpha value is -1.67. The highest BCUT2D eigenvalue weighted by molar-refractivity contribution is 7.92. The summed E-state index contributed by atoms with van der Waals surface area (Å²) in [4.78, 5) is 6.05. The molecule has 0 saturated carbocycles. The zero-order valence-electron chi connectivity index (χ0n) is 15.0. The van der Waals surface area contributed by atoms with Gasteiger partial charge in [-0.3, -0.25) is 4.99 Å². The average molecular weight is 371 g/mol. The van der Waals surface area contributed by atoms with E-state index in [0.29, 0.717) is 38.6 Å². The number of hydrogen-bond acceptors (Lipinski definition) is 4. The molecule has 0 amide bonds. The van der Waals surface area contributed by atoms with E-state index in [1.165, 1.54) is 18.4 Å².